The Bertz CT molecular complexity index is 440. The van der Waals surface area contributed by atoms with Crippen LogP contribution in [0.2, 0.25) is 0 Å². The molecule has 0 fully saturated rings. The van der Waals surface area contributed by atoms with Crippen molar-refractivity contribution < 1.29 is 5.11 Å². The lowest BCUT2D eigenvalue weighted by atomic mass is 9.75. The molecule has 108 valence electrons. The van der Waals surface area contributed by atoms with Gasteiger partial charge >= 0.3 is 0 Å². The van der Waals surface area contributed by atoms with Crippen LogP contribution in [0.25, 0.3) is 0 Å². The largest absolute Gasteiger partial charge is 0.388 e. The summed E-state index contributed by atoms with van der Waals surface area (Å²) in [7, 11) is 0. The minimum atomic E-state index is -0.277. The topological polar surface area (TPSA) is 25.2 Å². The summed E-state index contributed by atoms with van der Waals surface area (Å²) in [5.41, 5.74) is 4.09. The molecule has 0 radical (unpaired) electrons. The summed E-state index contributed by atoms with van der Waals surface area (Å²) in [5, 5.41) is 10.4. The molecule has 1 heterocycles. The minimum absolute atomic E-state index is 0.211. The maximum atomic E-state index is 10.4. The molecule has 1 aliphatic rings. The Hall–Kier alpha value is -0.760. The Balaban J connectivity index is 2.36. The maximum absolute atomic E-state index is 10.4. The molecule has 0 spiro atoms. The summed E-state index contributed by atoms with van der Waals surface area (Å²) >= 11 is 0. The fraction of sp³-hybridized carbons (Fsp3) is 0.765. The second kappa shape index (κ2) is 5.32. The summed E-state index contributed by atoms with van der Waals surface area (Å²) in [4.78, 5) is 0. The van der Waals surface area contributed by atoms with E-state index in [0.29, 0.717) is 0 Å². The molecule has 1 aliphatic carbocycles. The second-order valence-electron chi connectivity index (χ2n) is 7.04. The molecule has 1 atom stereocenters. The third-order valence-corrected chi connectivity index (χ3v) is 4.80. The number of aliphatic hydroxyl groups excluding tert-OH is 1. The highest BCUT2D eigenvalue weighted by molar-refractivity contribution is 5.33. The van der Waals surface area contributed by atoms with Crippen molar-refractivity contribution in [2.24, 2.45) is 11.3 Å². The van der Waals surface area contributed by atoms with E-state index < -0.39 is 0 Å². The number of hydrogen-bond donors (Lipinski definition) is 1. The van der Waals surface area contributed by atoms with Crippen LogP contribution >= 0.6 is 0 Å². The molecule has 0 bridgehead atoms. The van der Waals surface area contributed by atoms with E-state index in [1.165, 1.54) is 29.8 Å². The van der Waals surface area contributed by atoms with Crippen molar-refractivity contribution in [1.29, 1.82) is 0 Å². The average molecular weight is 263 g/mol. The zero-order valence-electron chi connectivity index (χ0n) is 13.2. The maximum Gasteiger partial charge on any atom is 0.0812 e. The van der Waals surface area contributed by atoms with E-state index in [1.54, 1.807) is 0 Å². The minimum Gasteiger partial charge on any atom is -0.388 e. The Morgan fingerprint density at radius 3 is 2.58 bits per heavy atom. The Kier molecular flexibility index (Phi) is 4.10. The molecule has 1 N–H and O–H groups in total. The predicted molar refractivity (Wildman–Crippen MR) is 80.3 cm³/mol. The third-order valence-electron chi connectivity index (χ3n) is 4.80. The van der Waals surface area contributed by atoms with Crippen LogP contribution in [-0.2, 0) is 13.0 Å². The molecule has 0 saturated carbocycles. The monoisotopic (exact) mass is 263 g/mol. The number of fused-ring (bicyclic) bond motifs is 1. The third kappa shape index (κ3) is 2.89. The van der Waals surface area contributed by atoms with E-state index in [2.05, 4.69) is 45.3 Å². The fourth-order valence-electron chi connectivity index (χ4n) is 3.46. The standard InChI is InChI=1S/C17H29NO/c1-6-13(7-2)11-18-12(3)8-14-15(18)9-17(4,5)10-16(14)19/h8,13,16,19H,6-7,9-11H2,1-5H3. The number of hydrogen-bond acceptors (Lipinski definition) is 1. The van der Waals surface area contributed by atoms with Crippen LogP contribution in [0, 0.1) is 18.3 Å². The first-order valence-electron chi connectivity index (χ1n) is 7.75. The van der Waals surface area contributed by atoms with Crippen LogP contribution in [0.15, 0.2) is 6.07 Å². The van der Waals surface area contributed by atoms with E-state index in [-0.39, 0.29) is 11.5 Å². The lowest BCUT2D eigenvalue weighted by Crippen LogP contribution is -2.27. The first kappa shape index (κ1) is 14.6. The molecule has 0 saturated heterocycles. The molecule has 0 aliphatic heterocycles. The van der Waals surface area contributed by atoms with Crippen LogP contribution in [0.5, 0.6) is 0 Å². The smallest absolute Gasteiger partial charge is 0.0812 e. The molecule has 1 unspecified atom stereocenters. The van der Waals surface area contributed by atoms with Gasteiger partial charge in [-0.25, -0.2) is 0 Å². The quantitative estimate of drug-likeness (QED) is 0.863. The van der Waals surface area contributed by atoms with Gasteiger partial charge in [0.05, 0.1) is 6.10 Å². The van der Waals surface area contributed by atoms with Gasteiger partial charge in [0.25, 0.3) is 0 Å². The van der Waals surface area contributed by atoms with Crippen molar-refractivity contribution >= 4 is 0 Å². The molecule has 19 heavy (non-hydrogen) atoms. The van der Waals surface area contributed by atoms with Gasteiger partial charge in [-0.15, -0.1) is 0 Å². The van der Waals surface area contributed by atoms with Crippen molar-refractivity contribution in [3.8, 4) is 0 Å². The highest BCUT2D eigenvalue weighted by Gasteiger charge is 2.34. The number of aliphatic hydroxyl groups is 1. The van der Waals surface area contributed by atoms with Gasteiger partial charge in [0, 0.05) is 23.5 Å². The van der Waals surface area contributed by atoms with Crippen LogP contribution in [0.4, 0.5) is 0 Å². The summed E-state index contributed by atoms with van der Waals surface area (Å²) in [5.74, 6) is 0.748. The van der Waals surface area contributed by atoms with Gasteiger partial charge < -0.3 is 9.67 Å². The lowest BCUT2D eigenvalue weighted by molar-refractivity contribution is 0.0976. The molecule has 2 nitrogen and oxygen atoms in total. The fourth-order valence-corrected chi connectivity index (χ4v) is 3.46. The summed E-state index contributed by atoms with van der Waals surface area (Å²) in [6.45, 7) is 12.4. The average Bonchev–Trinajstić information content (AvgIpc) is 2.62. The van der Waals surface area contributed by atoms with Crippen LogP contribution in [0.1, 0.15) is 70.0 Å². The first-order valence-corrected chi connectivity index (χ1v) is 7.75. The molecule has 0 aromatic carbocycles. The SMILES string of the molecule is CCC(CC)Cn1c(C)cc2c1CC(C)(C)CC2O. The van der Waals surface area contributed by atoms with Crippen LogP contribution in [-0.4, -0.2) is 9.67 Å². The Morgan fingerprint density at radius 2 is 2.00 bits per heavy atom. The van der Waals surface area contributed by atoms with Crippen LogP contribution < -0.4 is 0 Å². The molecule has 2 rings (SSSR count). The van der Waals surface area contributed by atoms with E-state index in [9.17, 15) is 5.11 Å². The number of aryl methyl sites for hydroxylation is 1. The van der Waals surface area contributed by atoms with E-state index in [4.69, 9.17) is 0 Å². The van der Waals surface area contributed by atoms with Gasteiger partial charge in [0.1, 0.15) is 0 Å². The van der Waals surface area contributed by atoms with Crippen LogP contribution in [0.3, 0.4) is 0 Å². The molecular formula is C17H29NO. The summed E-state index contributed by atoms with van der Waals surface area (Å²) in [6.07, 6.45) is 4.16. The zero-order chi connectivity index (χ0) is 14.2. The highest BCUT2D eigenvalue weighted by atomic mass is 16.3. The van der Waals surface area contributed by atoms with Gasteiger partial charge in [0.2, 0.25) is 0 Å². The molecule has 1 aromatic heterocycles. The molecule has 2 heteroatoms. The Labute approximate surface area is 117 Å². The first-order chi connectivity index (χ1) is 8.88. The van der Waals surface area contributed by atoms with Gasteiger partial charge in [-0.2, -0.15) is 0 Å². The van der Waals surface area contributed by atoms with Crippen molar-refractivity contribution in [2.75, 3.05) is 0 Å². The number of aromatic nitrogens is 1. The Morgan fingerprint density at radius 1 is 1.37 bits per heavy atom. The molecule has 1 aromatic rings. The van der Waals surface area contributed by atoms with Crippen molar-refractivity contribution in [3.63, 3.8) is 0 Å². The number of rotatable bonds is 4. The number of nitrogens with zero attached hydrogens (tertiary/aromatic N) is 1. The molecule has 0 amide bonds. The lowest BCUT2D eigenvalue weighted by Gasteiger charge is -2.34. The van der Waals surface area contributed by atoms with Gasteiger partial charge in [-0.1, -0.05) is 40.5 Å². The second-order valence-corrected chi connectivity index (χ2v) is 7.04. The van der Waals surface area contributed by atoms with Crippen molar-refractivity contribution in [1.82, 2.24) is 4.57 Å². The zero-order valence-corrected chi connectivity index (χ0v) is 13.2. The summed E-state index contributed by atoms with van der Waals surface area (Å²) < 4.78 is 2.47. The van der Waals surface area contributed by atoms with Crippen molar-refractivity contribution in [3.05, 3.63) is 23.0 Å². The van der Waals surface area contributed by atoms with E-state index >= 15 is 0 Å². The van der Waals surface area contributed by atoms with Crippen molar-refractivity contribution in [2.45, 2.75) is 73.0 Å². The normalized spacial score (nSPS) is 21.7. The highest BCUT2D eigenvalue weighted by Crippen LogP contribution is 2.42. The van der Waals surface area contributed by atoms with E-state index in [1.807, 2.05) is 0 Å². The summed E-state index contributed by atoms with van der Waals surface area (Å²) in [6, 6.07) is 2.21. The predicted octanol–water partition coefficient (Wildman–Crippen LogP) is 4.24. The van der Waals surface area contributed by atoms with Gasteiger partial charge in [-0.05, 0) is 37.2 Å². The molecular weight excluding hydrogens is 234 g/mol. The van der Waals surface area contributed by atoms with Gasteiger partial charge in [0.15, 0.2) is 0 Å². The van der Waals surface area contributed by atoms with Gasteiger partial charge in [-0.3, -0.25) is 0 Å². The van der Waals surface area contributed by atoms with E-state index in [0.717, 1.165) is 25.3 Å².